The van der Waals surface area contributed by atoms with Gasteiger partial charge < -0.3 is 0 Å². The molecule has 0 N–H and O–H groups in total. The van der Waals surface area contributed by atoms with Crippen molar-refractivity contribution in [2.24, 2.45) is 5.92 Å². The summed E-state index contributed by atoms with van der Waals surface area (Å²) in [7, 11) is 0. The van der Waals surface area contributed by atoms with Crippen molar-refractivity contribution in [2.45, 2.75) is 25.7 Å². The van der Waals surface area contributed by atoms with E-state index in [-0.39, 0.29) is 0 Å². The van der Waals surface area contributed by atoms with E-state index in [1.165, 1.54) is 0 Å². The van der Waals surface area contributed by atoms with Gasteiger partial charge in [0.25, 0.3) is 0 Å². The Morgan fingerprint density at radius 2 is 2.00 bits per heavy atom. The summed E-state index contributed by atoms with van der Waals surface area (Å²) in [5.41, 5.74) is 0. The lowest BCUT2D eigenvalue weighted by atomic mass is 9.90. The lowest BCUT2D eigenvalue weighted by molar-refractivity contribution is -0.120. The van der Waals surface area contributed by atoms with Crippen LogP contribution in [-0.4, -0.2) is 11.7 Å². The summed E-state index contributed by atoms with van der Waals surface area (Å²) < 4.78 is 0. The molecule has 0 aliphatic heterocycles. The second kappa shape index (κ2) is 3.21. The molecule has 52 valence electrons. The third kappa shape index (κ3) is 1.98. The Morgan fingerprint density at radius 1 is 1.44 bits per heavy atom. The van der Waals surface area contributed by atoms with Crippen molar-refractivity contribution in [3.8, 4) is 0 Å². The predicted octanol–water partition coefficient (Wildman–Crippen LogP) is 1.98. The van der Waals surface area contributed by atoms with Gasteiger partial charge >= 0.3 is 0 Å². The fraction of sp³-hybridized carbons (Fsp3) is 0.857. The maximum atomic E-state index is 10.7. The molecular weight excluding hydrogens is 136 g/mol. The first kappa shape index (κ1) is 7.07. The van der Waals surface area contributed by atoms with E-state index in [4.69, 9.17) is 11.6 Å². The van der Waals surface area contributed by atoms with Gasteiger partial charge in [-0.3, -0.25) is 4.79 Å². The van der Waals surface area contributed by atoms with Crippen molar-refractivity contribution in [1.82, 2.24) is 0 Å². The van der Waals surface area contributed by atoms with Crippen LogP contribution < -0.4 is 0 Å². The van der Waals surface area contributed by atoms with E-state index >= 15 is 0 Å². The van der Waals surface area contributed by atoms with Crippen LogP contribution in [-0.2, 0) is 4.79 Å². The number of alkyl halides is 1. The summed E-state index contributed by atoms with van der Waals surface area (Å²) in [6.07, 6.45) is 3.56. The highest BCUT2D eigenvalue weighted by molar-refractivity contribution is 6.18. The van der Waals surface area contributed by atoms with E-state index in [0.29, 0.717) is 11.7 Å². The monoisotopic (exact) mass is 146 g/mol. The third-order valence-corrected chi connectivity index (χ3v) is 2.32. The molecule has 0 aromatic heterocycles. The molecule has 0 aromatic rings. The van der Waals surface area contributed by atoms with Gasteiger partial charge in [-0.1, -0.05) is 0 Å². The summed E-state index contributed by atoms with van der Waals surface area (Å²) in [6.45, 7) is 0. The Labute approximate surface area is 60.4 Å². The first-order valence-corrected chi connectivity index (χ1v) is 3.94. The van der Waals surface area contributed by atoms with Crippen molar-refractivity contribution >= 4 is 17.4 Å². The zero-order chi connectivity index (χ0) is 6.69. The number of Topliss-reactive ketones (excluding diaryl/α,β-unsaturated/α-hetero) is 1. The molecule has 0 unspecified atom stereocenters. The molecule has 1 rings (SSSR count). The van der Waals surface area contributed by atoms with Crippen molar-refractivity contribution < 1.29 is 4.79 Å². The van der Waals surface area contributed by atoms with Gasteiger partial charge in [0, 0.05) is 18.7 Å². The van der Waals surface area contributed by atoms with Gasteiger partial charge in [-0.2, -0.15) is 0 Å². The molecule has 1 aliphatic rings. The average Bonchev–Trinajstić information content (AvgIpc) is 1.90. The summed E-state index contributed by atoms with van der Waals surface area (Å²) in [5, 5.41) is 0. The summed E-state index contributed by atoms with van der Waals surface area (Å²) in [4.78, 5) is 10.7. The zero-order valence-electron chi connectivity index (χ0n) is 5.40. The number of halogens is 1. The van der Waals surface area contributed by atoms with Gasteiger partial charge in [0.1, 0.15) is 5.78 Å². The molecule has 0 heterocycles. The lowest BCUT2D eigenvalue weighted by Crippen LogP contribution is -2.14. The van der Waals surface area contributed by atoms with E-state index in [1.807, 2.05) is 0 Å². The van der Waals surface area contributed by atoms with Crippen molar-refractivity contribution in [2.75, 3.05) is 5.88 Å². The summed E-state index contributed by atoms with van der Waals surface area (Å²) >= 11 is 5.62. The van der Waals surface area contributed by atoms with Crippen LogP contribution in [0.5, 0.6) is 0 Å². The maximum absolute atomic E-state index is 10.7. The van der Waals surface area contributed by atoms with Gasteiger partial charge in [0.2, 0.25) is 0 Å². The fourth-order valence-corrected chi connectivity index (χ4v) is 1.46. The van der Waals surface area contributed by atoms with Crippen LogP contribution >= 0.6 is 11.6 Å². The highest BCUT2D eigenvalue weighted by atomic mass is 35.5. The molecule has 2 heteroatoms. The molecule has 1 aliphatic carbocycles. The molecule has 1 saturated carbocycles. The molecule has 0 saturated heterocycles. The second-order valence-electron chi connectivity index (χ2n) is 2.64. The third-order valence-electron chi connectivity index (χ3n) is 1.88. The van der Waals surface area contributed by atoms with Crippen molar-refractivity contribution in [1.29, 1.82) is 0 Å². The van der Waals surface area contributed by atoms with Crippen LogP contribution in [0.2, 0.25) is 0 Å². The van der Waals surface area contributed by atoms with E-state index < -0.39 is 0 Å². The molecule has 1 fully saturated rings. The van der Waals surface area contributed by atoms with Gasteiger partial charge in [-0.15, -0.1) is 11.6 Å². The van der Waals surface area contributed by atoms with E-state index in [0.717, 1.165) is 31.6 Å². The second-order valence-corrected chi connectivity index (χ2v) is 2.94. The molecule has 0 bridgehead atoms. The number of carbonyl (C=O) groups excluding carboxylic acids is 1. The Balaban J connectivity index is 2.26. The quantitative estimate of drug-likeness (QED) is 0.517. The minimum absolute atomic E-state index is 0.413. The van der Waals surface area contributed by atoms with Gasteiger partial charge in [-0.05, 0) is 18.8 Å². The summed E-state index contributed by atoms with van der Waals surface area (Å²) in [5.74, 6) is 1.76. The normalized spacial score (nSPS) is 22.6. The molecule has 0 spiro atoms. The number of hydrogen-bond donors (Lipinski definition) is 0. The maximum Gasteiger partial charge on any atom is 0.132 e. The van der Waals surface area contributed by atoms with Crippen LogP contribution in [0.25, 0.3) is 0 Å². The van der Waals surface area contributed by atoms with E-state index in [9.17, 15) is 4.79 Å². The van der Waals surface area contributed by atoms with Crippen LogP contribution in [0.1, 0.15) is 25.7 Å². The Hall–Kier alpha value is -0.0400. The van der Waals surface area contributed by atoms with E-state index in [1.54, 1.807) is 0 Å². The standard InChI is InChI=1S/C7H11ClO/c8-5-6-1-3-7(9)4-2-6/h6H,1-5H2. The predicted molar refractivity (Wildman–Crippen MR) is 37.7 cm³/mol. The number of rotatable bonds is 1. The zero-order valence-corrected chi connectivity index (χ0v) is 6.16. The van der Waals surface area contributed by atoms with Crippen molar-refractivity contribution in [3.05, 3.63) is 0 Å². The highest BCUT2D eigenvalue weighted by Gasteiger charge is 2.16. The smallest absolute Gasteiger partial charge is 0.132 e. The van der Waals surface area contributed by atoms with Crippen LogP contribution in [0.4, 0.5) is 0 Å². The minimum Gasteiger partial charge on any atom is -0.300 e. The minimum atomic E-state index is 0.413. The lowest BCUT2D eigenvalue weighted by Gasteiger charge is -2.17. The molecule has 0 atom stereocenters. The molecule has 1 nitrogen and oxygen atoms in total. The average molecular weight is 147 g/mol. The van der Waals surface area contributed by atoms with Gasteiger partial charge in [-0.25, -0.2) is 0 Å². The fourth-order valence-electron chi connectivity index (χ4n) is 1.15. The van der Waals surface area contributed by atoms with Crippen LogP contribution in [0.3, 0.4) is 0 Å². The first-order valence-electron chi connectivity index (χ1n) is 3.40. The number of carbonyl (C=O) groups is 1. The SMILES string of the molecule is O=C1CCC(CCl)CC1. The molecule has 0 amide bonds. The van der Waals surface area contributed by atoms with Crippen LogP contribution in [0.15, 0.2) is 0 Å². The first-order chi connectivity index (χ1) is 4.33. The van der Waals surface area contributed by atoms with Gasteiger partial charge in [0.05, 0.1) is 0 Å². The largest absolute Gasteiger partial charge is 0.300 e. The highest BCUT2D eigenvalue weighted by Crippen LogP contribution is 2.21. The van der Waals surface area contributed by atoms with Crippen molar-refractivity contribution in [3.63, 3.8) is 0 Å². The van der Waals surface area contributed by atoms with Crippen LogP contribution in [0, 0.1) is 5.92 Å². The Bertz CT molecular complexity index is 101. The molecule has 0 radical (unpaired) electrons. The topological polar surface area (TPSA) is 17.1 Å². The molecular formula is C7H11ClO. The van der Waals surface area contributed by atoms with Gasteiger partial charge in [0.15, 0.2) is 0 Å². The summed E-state index contributed by atoms with van der Waals surface area (Å²) in [6, 6.07) is 0. The Morgan fingerprint density at radius 3 is 2.44 bits per heavy atom. The number of ketones is 1. The van der Waals surface area contributed by atoms with E-state index in [2.05, 4.69) is 0 Å². The number of hydrogen-bond acceptors (Lipinski definition) is 1. The molecule has 0 aromatic carbocycles. The molecule has 9 heavy (non-hydrogen) atoms. The Kier molecular flexibility index (Phi) is 2.52.